The van der Waals surface area contributed by atoms with Crippen molar-refractivity contribution in [1.82, 2.24) is 10.2 Å². The SMILES string of the molecule is NC(=O)CC(=O)N1CC2CNCC2C1. The van der Waals surface area contributed by atoms with Crippen LogP contribution in [0.1, 0.15) is 6.42 Å². The van der Waals surface area contributed by atoms with Crippen LogP contribution in [0.25, 0.3) is 0 Å². The van der Waals surface area contributed by atoms with E-state index in [-0.39, 0.29) is 12.3 Å². The first-order valence-corrected chi connectivity index (χ1v) is 4.93. The molecule has 14 heavy (non-hydrogen) atoms. The van der Waals surface area contributed by atoms with E-state index in [2.05, 4.69) is 5.32 Å². The first-order valence-electron chi connectivity index (χ1n) is 4.93. The Labute approximate surface area is 82.6 Å². The second kappa shape index (κ2) is 3.57. The summed E-state index contributed by atoms with van der Waals surface area (Å²) >= 11 is 0. The molecular weight excluding hydrogens is 182 g/mol. The van der Waals surface area contributed by atoms with Gasteiger partial charge in [0.05, 0.1) is 0 Å². The van der Waals surface area contributed by atoms with Crippen molar-refractivity contribution in [2.24, 2.45) is 17.6 Å². The van der Waals surface area contributed by atoms with Crippen molar-refractivity contribution < 1.29 is 9.59 Å². The molecule has 2 unspecified atom stereocenters. The zero-order chi connectivity index (χ0) is 10.1. The minimum atomic E-state index is -0.537. The maximum Gasteiger partial charge on any atom is 0.232 e. The van der Waals surface area contributed by atoms with Gasteiger partial charge in [0.1, 0.15) is 6.42 Å². The summed E-state index contributed by atoms with van der Waals surface area (Å²) in [5, 5.41) is 3.29. The predicted octanol–water partition coefficient (Wildman–Crippen LogP) is -1.46. The van der Waals surface area contributed by atoms with Gasteiger partial charge in [-0.1, -0.05) is 0 Å². The Balaban J connectivity index is 1.89. The Morgan fingerprint density at radius 3 is 2.36 bits per heavy atom. The van der Waals surface area contributed by atoms with Gasteiger partial charge in [-0.3, -0.25) is 9.59 Å². The van der Waals surface area contributed by atoms with E-state index in [9.17, 15) is 9.59 Å². The van der Waals surface area contributed by atoms with E-state index in [0.717, 1.165) is 26.2 Å². The second-order valence-corrected chi connectivity index (χ2v) is 4.12. The Kier molecular flexibility index (Phi) is 2.41. The first-order chi connectivity index (χ1) is 6.66. The van der Waals surface area contributed by atoms with Crippen molar-refractivity contribution >= 4 is 11.8 Å². The molecule has 78 valence electrons. The fourth-order valence-corrected chi connectivity index (χ4v) is 2.32. The molecule has 0 saturated carbocycles. The van der Waals surface area contributed by atoms with E-state index in [1.807, 2.05) is 0 Å². The molecule has 2 aliphatic heterocycles. The maximum atomic E-state index is 11.5. The third kappa shape index (κ3) is 1.72. The fraction of sp³-hybridized carbons (Fsp3) is 0.778. The largest absolute Gasteiger partial charge is 0.369 e. The number of carbonyl (C=O) groups is 2. The molecule has 0 aliphatic carbocycles. The smallest absolute Gasteiger partial charge is 0.232 e. The van der Waals surface area contributed by atoms with Gasteiger partial charge in [0, 0.05) is 26.2 Å². The zero-order valence-corrected chi connectivity index (χ0v) is 8.03. The molecular formula is C9H15N3O2. The number of hydrogen-bond donors (Lipinski definition) is 2. The van der Waals surface area contributed by atoms with E-state index in [4.69, 9.17) is 5.73 Å². The van der Waals surface area contributed by atoms with Crippen LogP contribution in [0.4, 0.5) is 0 Å². The van der Waals surface area contributed by atoms with Crippen LogP contribution in [-0.4, -0.2) is 42.9 Å². The van der Waals surface area contributed by atoms with Crippen LogP contribution in [0, 0.1) is 11.8 Å². The molecule has 2 amide bonds. The lowest BCUT2D eigenvalue weighted by atomic mass is 10.0. The van der Waals surface area contributed by atoms with Crippen molar-refractivity contribution in [3.63, 3.8) is 0 Å². The summed E-state index contributed by atoms with van der Waals surface area (Å²) in [4.78, 5) is 23.8. The summed E-state index contributed by atoms with van der Waals surface area (Å²) in [6, 6.07) is 0. The third-order valence-electron chi connectivity index (χ3n) is 3.07. The van der Waals surface area contributed by atoms with Gasteiger partial charge in [0.15, 0.2) is 0 Å². The molecule has 0 aromatic rings. The van der Waals surface area contributed by atoms with Gasteiger partial charge < -0.3 is 16.0 Å². The Hall–Kier alpha value is -1.10. The van der Waals surface area contributed by atoms with Crippen LogP contribution in [0.5, 0.6) is 0 Å². The quantitative estimate of drug-likeness (QED) is 0.531. The highest BCUT2D eigenvalue weighted by Gasteiger charge is 2.37. The van der Waals surface area contributed by atoms with Crippen LogP contribution in [0.15, 0.2) is 0 Å². The van der Waals surface area contributed by atoms with Crippen molar-refractivity contribution in [3.8, 4) is 0 Å². The standard InChI is InChI=1S/C9H15N3O2/c10-8(13)1-9(14)12-4-6-2-11-3-7(6)5-12/h6-7,11H,1-5H2,(H2,10,13). The molecule has 0 spiro atoms. The number of fused-ring (bicyclic) bond motifs is 1. The lowest BCUT2D eigenvalue weighted by molar-refractivity contribution is -0.134. The number of likely N-dealkylation sites (tertiary alicyclic amines) is 1. The Morgan fingerprint density at radius 1 is 1.29 bits per heavy atom. The summed E-state index contributed by atoms with van der Waals surface area (Å²) in [7, 11) is 0. The molecule has 3 N–H and O–H groups in total. The van der Waals surface area contributed by atoms with Gasteiger partial charge in [-0.15, -0.1) is 0 Å². The summed E-state index contributed by atoms with van der Waals surface area (Å²) in [6.07, 6.45) is -0.146. The van der Waals surface area contributed by atoms with E-state index in [0.29, 0.717) is 11.8 Å². The van der Waals surface area contributed by atoms with E-state index in [1.54, 1.807) is 4.90 Å². The Bertz CT molecular complexity index is 255. The average molecular weight is 197 g/mol. The van der Waals surface area contributed by atoms with Crippen molar-refractivity contribution in [2.75, 3.05) is 26.2 Å². The first kappa shape index (κ1) is 9.45. The number of hydrogen-bond acceptors (Lipinski definition) is 3. The molecule has 2 saturated heterocycles. The number of primary amides is 1. The van der Waals surface area contributed by atoms with Gasteiger partial charge in [0.25, 0.3) is 0 Å². The highest BCUT2D eigenvalue weighted by molar-refractivity contribution is 5.96. The molecule has 5 nitrogen and oxygen atoms in total. The van der Waals surface area contributed by atoms with Crippen LogP contribution in [-0.2, 0) is 9.59 Å². The number of nitrogens with one attached hydrogen (secondary N) is 1. The molecule has 5 heteroatoms. The number of amides is 2. The van der Waals surface area contributed by atoms with Crippen LogP contribution >= 0.6 is 0 Å². The molecule has 2 atom stereocenters. The molecule has 2 heterocycles. The minimum Gasteiger partial charge on any atom is -0.369 e. The van der Waals surface area contributed by atoms with Gasteiger partial charge in [-0.25, -0.2) is 0 Å². The lowest BCUT2D eigenvalue weighted by Crippen LogP contribution is -2.34. The van der Waals surface area contributed by atoms with Gasteiger partial charge >= 0.3 is 0 Å². The predicted molar refractivity (Wildman–Crippen MR) is 50.2 cm³/mol. The van der Waals surface area contributed by atoms with Crippen LogP contribution in [0.3, 0.4) is 0 Å². The third-order valence-corrected chi connectivity index (χ3v) is 3.07. The monoisotopic (exact) mass is 197 g/mol. The maximum absolute atomic E-state index is 11.5. The van der Waals surface area contributed by atoms with E-state index >= 15 is 0 Å². The van der Waals surface area contributed by atoms with Crippen LogP contribution < -0.4 is 11.1 Å². The Morgan fingerprint density at radius 2 is 1.86 bits per heavy atom. The van der Waals surface area contributed by atoms with Crippen molar-refractivity contribution in [1.29, 1.82) is 0 Å². The molecule has 2 fully saturated rings. The van der Waals surface area contributed by atoms with Crippen molar-refractivity contribution in [2.45, 2.75) is 6.42 Å². The van der Waals surface area contributed by atoms with E-state index in [1.165, 1.54) is 0 Å². The number of nitrogens with zero attached hydrogens (tertiary/aromatic N) is 1. The van der Waals surface area contributed by atoms with Gasteiger partial charge in [-0.05, 0) is 11.8 Å². The fourth-order valence-electron chi connectivity index (χ4n) is 2.32. The van der Waals surface area contributed by atoms with Gasteiger partial charge in [0.2, 0.25) is 11.8 Å². The highest BCUT2D eigenvalue weighted by Crippen LogP contribution is 2.26. The molecule has 2 aliphatic rings. The number of nitrogens with two attached hydrogens (primary N) is 1. The minimum absolute atomic E-state index is 0.119. The second-order valence-electron chi connectivity index (χ2n) is 4.12. The number of rotatable bonds is 2. The summed E-state index contributed by atoms with van der Waals surface area (Å²) < 4.78 is 0. The van der Waals surface area contributed by atoms with Crippen LogP contribution in [0.2, 0.25) is 0 Å². The molecule has 0 aromatic heterocycles. The normalized spacial score (nSPS) is 30.4. The zero-order valence-electron chi connectivity index (χ0n) is 8.03. The van der Waals surface area contributed by atoms with Gasteiger partial charge in [-0.2, -0.15) is 0 Å². The number of carbonyl (C=O) groups excluding carboxylic acids is 2. The highest BCUT2D eigenvalue weighted by atomic mass is 16.2. The lowest BCUT2D eigenvalue weighted by Gasteiger charge is -2.16. The van der Waals surface area contributed by atoms with E-state index < -0.39 is 5.91 Å². The summed E-state index contributed by atoms with van der Waals surface area (Å²) in [6.45, 7) is 3.55. The summed E-state index contributed by atoms with van der Waals surface area (Å²) in [5.74, 6) is 0.496. The molecule has 2 rings (SSSR count). The topological polar surface area (TPSA) is 75.4 Å². The molecule has 0 radical (unpaired) electrons. The van der Waals surface area contributed by atoms with Crippen molar-refractivity contribution in [3.05, 3.63) is 0 Å². The summed E-state index contributed by atoms with van der Waals surface area (Å²) in [5.41, 5.74) is 4.98. The molecule has 0 bridgehead atoms. The average Bonchev–Trinajstić information content (AvgIpc) is 2.58. The molecule has 0 aromatic carbocycles.